The Balaban J connectivity index is 1.49. The highest BCUT2D eigenvalue weighted by Gasteiger charge is 2.57. The number of nitrogens with one attached hydrogen (secondary N) is 1. The molecule has 0 aromatic heterocycles. The molecule has 11 heteroatoms. The SMILES string of the molecule is COc1c(-c2cc(C(=O)O)cc(N(C)C)c2)ccc(Cl)c1CN1O[C@@H](CO)[C@@H]([C@H](C)O)[C@H]1C(=O)N[C@H]1C[C@H]2C[C@@H]([C@@H]1C)C2(C)C. The van der Waals surface area contributed by atoms with Crippen molar-refractivity contribution in [1.29, 1.82) is 0 Å². The van der Waals surface area contributed by atoms with Gasteiger partial charge in [0, 0.05) is 47.9 Å². The molecule has 0 radical (unpaired) electrons. The van der Waals surface area contributed by atoms with Crippen LogP contribution in [0.15, 0.2) is 30.3 Å². The summed E-state index contributed by atoms with van der Waals surface area (Å²) in [5.74, 6) is -0.207. The standard InChI is InChI=1S/C34H46ClN3O7/c1-17-25-13-21(34(25,3)4)14-27(17)36-32(41)30-29(18(2)40)28(16-39)45-38(30)15-24-26(35)9-8-23(31(24)44-7)19-10-20(33(42)43)12-22(11-19)37(5)6/h8-12,17-18,21,25,27-30,39-40H,13-16H2,1-7H3,(H,36,41)(H,42,43)/t17-,18-,21+,25-,27-,28-,29+,30-/m0/s1. The minimum atomic E-state index is -1.06. The summed E-state index contributed by atoms with van der Waals surface area (Å²) in [7, 11) is 5.17. The van der Waals surface area contributed by atoms with Crippen LogP contribution in [0.4, 0.5) is 5.69 Å². The quantitative estimate of drug-likeness (QED) is 0.297. The zero-order chi connectivity index (χ0) is 33.0. The van der Waals surface area contributed by atoms with Crippen LogP contribution in [0.3, 0.4) is 0 Å². The van der Waals surface area contributed by atoms with Crippen molar-refractivity contribution in [3.63, 3.8) is 0 Å². The van der Waals surface area contributed by atoms with Crippen LogP contribution in [0.5, 0.6) is 5.75 Å². The highest BCUT2D eigenvalue weighted by molar-refractivity contribution is 6.31. The summed E-state index contributed by atoms with van der Waals surface area (Å²) in [6.45, 7) is 8.07. The third kappa shape index (κ3) is 6.03. The molecule has 10 nitrogen and oxygen atoms in total. The first-order valence-electron chi connectivity index (χ1n) is 15.6. The number of methoxy groups -OCH3 is 1. The lowest BCUT2D eigenvalue weighted by molar-refractivity contribution is -0.183. The monoisotopic (exact) mass is 643 g/mol. The maximum absolute atomic E-state index is 14.1. The van der Waals surface area contributed by atoms with E-state index in [0.717, 1.165) is 6.42 Å². The van der Waals surface area contributed by atoms with Gasteiger partial charge >= 0.3 is 5.97 Å². The molecule has 3 aliphatic carbocycles. The lowest BCUT2D eigenvalue weighted by atomic mass is 9.45. The second-order valence-corrected chi connectivity index (χ2v) is 14.2. The maximum Gasteiger partial charge on any atom is 0.335 e. The van der Waals surface area contributed by atoms with Crippen molar-refractivity contribution in [3.05, 3.63) is 46.5 Å². The molecule has 0 spiro atoms. The van der Waals surface area contributed by atoms with Gasteiger partial charge in [-0.3, -0.25) is 9.63 Å². The zero-order valence-corrected chi connectivity index (χ0v) is 27.8. The van der Waals surface area contributed by atoms with Crippen LogP contribution >= 0.6 is 11.6 Å². The molecule has 3 saturated carbocycles. The average Bonchev–Trinajstić information content (AvgIpc) is 3.37. The van der Waals surface area contributed by atoms with Crippen molar-refractivity contribution < 1.29 is 34.5 Å². The smallest absolute Gasteiger partial charge is 0.335 e. The van der Waals surface area contributed by atoms with Crippen molar-refractivity contribution in [2.24, 2.45) is 29.1 Å². The van der Waals surface area contributed by atoms with Gasteiger partial charge in [-0.1, -0.05) is 32.4 Å². The Hall–Kier alpha value is -2.89. The number of amides is 1. The number of aliphatic hydroxyl groups excluding tert-OH is 2. The van der Waals surface area contributed by atoms with E-state index in [9.17, 15) is 24.9 Å². The molecule has 45 heavy (non-hydrogen) atoms. The van der Waals surface area contributed by atoms with E-state index in [4.69, 9.17) is 21.2 Å². The Bertz CT molecular complexity index is 1450. The van der Waals surface area contributed by atoms with Crippen molar-refractivity contribution in [1.82, 2.24) is 10.4 Å². The molecule has 8 atom stereocenters. The number of anilines is 1. The first-order valence-corrected chi connectivity index (χ1v) is 16.0. The van der Waals surface area contributed by atoms with E-state index in [1.807, 2.05) is 25.1 Å². The molecule has 1 amide bonds. The molecule has 2 aromatic rings. The third-order valence-electron chi connectivity index (χ3n) is 10.8. The fourth-order valence-electron chi connectivity index (χ4n) is 8.00. The van der Waals surface area contributed by atoms with Gasteiger partial charge in [0.05, 0.1) is 31.9 Å². The van der Waals surface area contributed by atoms with Crippen LogP contribution in [-0.2, 0) is 16.2 Å². The van der Waals surface area contributed by atoms with E-state index in [1.54, 1.807) is 31.2 Å². The first-order chi connectivity index (χ1) is 21.2. The predicted molar refractivity (Wildman–Crippen MR) is 172 cm³/mol. The van der Waals surface area contributed by atoms with Crippen LogP contribution in [0.1, 0.15) is 56.5 Å². The number of aliphatic hydroxyl groups is 2. The summed E-state index contributed by atoms with van der Waals surface area (Å²) in [6, 6.07) is 7.62. The van der Waals surface area contributed by atoms with E-state index in [0.29, 0.717) is 50.9 Å². The van der Waals surface area contributed by atoms with E-state index >= 15 is 0 Å². The number of carboxylic acids is 1. The summed E-state index contributed by atoms with van der Waals surface area (Å²) in [4.78, 5) is 34.0. The highest BCUT2D eigenvalue weighted by Crippen LogP contribution is 2.61. The number of carbonyl (C=O) groups is 2. The van der Waals surface area contributed by atoms with E-state index in [-0.39, 0.29) is 36.1 Å². The number of rotatable bonds is 10. The Morgan fingerprint density at radius 1 is 1.22 bits per heavy atom. The predicted octanol–water partition coefficient (Wildman–Crippen LogP) is 4.44. The molecule has 4 aliphatic rings. The largest absolute Gasteiger partial charge is 0.496 e. The molecule has 2 aromatic carbocycles. The summed E-state index contributed by atoms with van der Waals surface area (Å²) < 4.78 is 5.89. The molecule has 6 rings (SSSR count). The Morgan fingerprint density at radius 2 is 1.93 bits per heavy atom. The van der Waals surface area contributed by atoms with Crippen LogP contribution in [0, 0.1) is 29.1 Å². The highest BCUT2D eigenvalue weighted by atomic mass is 35.5. The fraction of sp³-hybridized carbons (Fsp3) is 0.588. The number of benzene rings is 2. The molecule has 4 fully saturated rings. The van der Waals surface area contributed by atoms with Crippen molar-refractivity contribution in [2.75, 3.05) is 32.7 Å². The lowest BCUT2D eigenvalue weighted by Gasteiger charge is -2.62. The molecular weight excluding hydrogens is 598 g/mol. The fourth-order valence-corrected chi connectivity index (χ4v) is 8.21. The molecule has 0 unspecified atom stereocenters. The van der Waals surface area contributed by atoms with Gasteiger partial charge in [-0.25, -0.2) is 4.79 Å². The van der Waals surface area contributed by atoms with E-state index in [2.05, 4.69) is 26.1 Å². The number of aromatic carboxylic acids is 1. The van der Waals surface area contributed by atoms with Crippen LogP contribution in [-0.4, -0.2) is 84.4 Å². The van der Waals surface area contributed by atoms with Gasteiger partial charge in [0.25, 0.3) is 0 Å². The number of ether oxygens (including phenoxy) is 1. The minimum absolute atomic E-state index is 0.00723. The zero-order valence-electron chi connectivity index (χ0n) is 27.1. The molecular formula is C34H46ClN3O7. The molecule has 1 aliphatic heterocycles. The number of carboxylic acid groups (broad SMARTS) is 1. The van der Waals surface area contributed by atoms with Crippen molar-refractivity contribution in [2.45, 2.75) is 71.4 Å². The van der Waals surface area contributed by atoms with Crippen LogP contribution < -0.4 is 15.0 Å². The Kier molecular flexibility index (Phi) is 9.46. The van der Waals surface area contributed by atoms with Crippen LogP contribution in [0.2, 0.25) is 5.02 Å². The summed E-state index contributed by atoms with van der Waals surface area (Å²) >= 11 is 6.76. The lowest BCUT2D eigenvalue weighted by Crippen LogP contribution is -2.62. The van der Waals surface area contributed by atoms with Gasteiger partial charge in [-0.05, 0) is 78.8 Å². The number of hydroxylamine groups is 2. The molecule has 2 bridgehead atoms. The van der Waals surface area contributed by atoms with Gasteiger partial charge < -0.3 is 30.3 Å². The van der Waals surface area contributed by atoms with Gasteiger partial charge in [-0.15, -0.1) is 0 Å². The molecule has 4 N–H and O–H groups in total. The topological polar surface area (TPSA) is 132 Å². The normalized spacial score (nSPS) is 29.5. The molecule has 1 saturated heterocycles. The van der Waals surface area contributed by atoms with Gasteiger partial charge in [0.2, 0.25) is 5.91 Å². The van der Waals surface area contributed by atoms with Crippen molar-refractivity contribution >= 4 is 29.2 Å². The van der Waals surface area contributed by atoms with E-state index < -0.39 is 30.1 Å². The van der Waals surface area contributed by atoms with Gasteiger partial charge in [0.15, 0.2) is 0 Å². The van der Waals surface area contributed by atoms with Crippen molar-refractivity contribution in [3.8, 4) is 16.9 Å². The molecule has 1 heterocycles. The molecule has 246 valence electrons. The van der Waals surface area contributed by atoms with E-state index in [1.165, 1.54) is 18.6 Å². The number of hydrogen-bond acceptors (Lipinski definition) is 8. The minimum Gasteiger partial charge on any atom is -0.496 e. The number of nitrogens with zero attached hydrogens (tertiary/aromatic N) is 2. The average molecular weight is 644 g/mol. The first kappa shape index (κ1) is 33.5. The Labute approximate surface area is 270 Å². The second-order valence-electron chi connectivity index (χ2n) is 13.8. The number of fused-ring (bicyclic) bond motifs is 2. The number of carbonyl (C=O) groups excluding carboxylic acids is 1. The van der Waals surface area contributed by atoms with Gasteiger partial charge in [-0.2, -0.15) is 5.06 Å². The second kappa shape index (κ2) is 12.7. The summed E-state index contributed by atoms with van der Waals surface area (Å²) in [5, 5.41) is 36.0. The Morgan fingerprint density at radius 3 is 2.49 bits per heavy atom. The number of halogens is 1. The maximum atomic E-state index is 14.1. The third-order valence-corrected chi connectivity index (χ3v) is 11.1. The van der Waals surface area contributed by atoms with Crippen LogP contribution in [0.25, 0.3) is 11.1 Å². The summed E-state index contributed by atoms with van der Waals surface area (Å²) in [6.07, 6.45) is 0.339. The van der Waals surface area contributed by atoms with Gasteiger partial charge in [0.1, 0.15) is 17.9 Å². The summed E-state index contributed by atoms with van der Waals surface area (Å²) in [5.41, 5.74) is 2.85. The number of hydrogen-bond donors (Lipinski definition) is 4.